The maximum Gasteiger partial charge on any atom is 0.252 e. The zero-order valence-corrected chi connectivity index (χ0v) is 26.9. The summed E-state index contributed by atoms with van der Waals surface area (Å²) in [6.45, 7) is 13.6. The largest absolute Gasteiger partial charge is 0.353 e. The lowest BCUT2D eigenvalue weighted by atomic mass is 9.67. The first kappa shape index (κ1) is 32.2. The lowest BCUT2D eigenvalue weighted by molar-refractivity contribution is -0.135. The third-order valence-electron chi connectivity index (χ3n) is 9.35. The van der Waals surface area contributed by atoms with E-state index in [0.717, 1.165) is 69.1 Å². The van der Waals surface area contributed by atoms with Crippen LogP contribution in [-0.4, -0.2) is 75.6 Å². The molecule has 5 fully saturated rings. The monoisotopic (exact) mass is 582 g/mol. The number of imidazole rings is 1. The third-order valence-corrected chi connectivity index (χ3v) is 9.35. The molecule has 2 N–H and O–H groups in total. The van der Waals surface area contributed by atoms with Gasteiger partial charge in [0.1, 0.15) is 5.69 Å². The Balaban J connectivity index is 0.000000972. The van der Waals surface area contributed by atoms with Crippen molar-refractivity contribution < 1.29 is 9.59 Å². The van der Waals surface area contributed by atoms with E-state index in [4.69, 9.17) is 15.1 Å². The Morgan fingerprint density at radius 3 is 2.31 bits per heavy atom. The summed E-state index contributed by atoms with van der Waals surface area (Å²) < 4.78 is 1.79. The average molecular weight is 583 g/mol. The first-order chi connectivity index (χ1) is 20.5. The van der Waals surface area contributed by atoms with Crippen LogP contribution in [0.15, 0.2) is 6.20 Å². The molecule has 2 atom stereocenters. The average Bonchev–Trinajstić information content (AvgIpc) is 3.21. The number of carbonyl (C=O) groups excluding carboxylic acids is 2. The van der Waals surface area contributed by atoms with Crippen molar-refractivity contribution in [3.8, 4) is 0 Å². The molecule has 0 spiro atoms. The van der Waals surface area contributed by atoms with Crippen LogP contribution in [-0.2, 0) is 16.0 Å². The van der Waals surface area contributed by atoms with Crippen molar-refractivity contribution in [1.29, 1.82) is 0 Å². The quantitative estimate of drug-likeness (QED) is 0.462. The van der Waals surface area contributed by atoms with Crippen LogP contribution in [0, 0.1) is 17.8 Å². The molecule has 2 saturated carbocycles. The molecule has 7 rings (SSSR count). The van der Waals surface area contributed by atoms with Crippen LogP contribution < -0.4 is 15.5 Å². The molecule has 3 saturated heterocycles. The van der Waals surface area contributed by atoms with Crippen molar-refractivity contribution in [3.05, 3.63) is 17.6 Å². The number of piperidine rings is 2. The number of anilines is 1. The molecular weight excluding hydrogens is 528 g/mol. The summed E-state index contributed by atoms with van der Waals surface area (Å²) in [6.07, 6.45) is 12.3. The Morgan fingerprint density at radius 1 is 1.02 bits per heavy atom. The summed E-state index contributed by atoms with van der Waals surface area (Å²) in [5.41, 5.74) is 1.72. The second kappa shape index (κ2) is 15.1. The molecular formula is C32H54N8O2. The highest BCUT2D eigenvalue weighted by atomic mass is 16.2. The molecule has 2 aromatic rings. The Labute approximate surface area is 252 Å². The highest BCUT2D eigenvalue weighted by Crippen LogP contribution is 2.41. The third kappa shape index (κ3) is 7.24. The molecule has 2 unspecified atom stereocenters. The summed E-state index contributed by atoms with van der Waals surface area (Å²) in [6, 6.07) is 0.237. The SMILES string of the molecule is CC.CC.CCC(=O)NC(c1cn2nc(CC3C(=O)NC4CC3C4)c(N3CCN(C)CC3)nc2n1)C1CCCCCC1. The zero-order chi connectivity index (χ0) is 30.2. The van der Waals surface area contributed by atoms with Crippen molar-refractivity contribution in [1.82, 2.24) is 35.1 Å². The first-order valence-corrected chi connectivity index (χ1v) is 16.8. The van der Waals surface area contributed by atoms with E-state index in [1.165, 1.54) is 25.7 Å². The van der Waals surface area contributed by atoms with Gasteiger partial charge in [-0.15, -0.1) is 0 Å². The molecule has 3 aliphatic heterocycles. The maximum atomic E-state index is 12.8. The van der Waals surface area contributed by atoms with Gasteiger partial charge in [0, 0.05) is 51.0 Å². The van der Waals surface area contributed by atoms with Gasteiger partial charge < -0.3 is 20.4 Å². The van der Waals surface area contributed by atoms with Crippen molar-refractivity contribution in [2.45, 2.75) is 111 Å². The minimum atomic E-state index is -0.129. The number of likely N-dealkylation sites (N-methyl/N-ethyl adjacent to an activating group) is 1. The molecule has 42 heavy (non-hydrogen) atoms. The standard InChI is InChI=1S/C28H42N8O2.2C2H6/c1-3-24(37)31-25(18-8-6-4-5-7-9-18)23-17-36-28(30-23)32-26(35-12-10-34(2)11-13-35)22(33-36)16-21-19-14-20(15-19)29-27(21)38;2*1-2/h17-21,25H,3-16H2,1-2H3,(H,29,38)(H,31,37);2*1-2H3. The molecule has 0 aromatic carbocycles. The van der Waals surface area contributed by atoms with Gasteiger partial charge in [-0.25, -0.2) is 9.50 Å². The van der Waals surface area contributed by atoms with Crippen molar-refractivity contribution in [3.63, 3.8) is 0 Å². The number of rotatable bonds is 7. The van der Waals surface area contributed by atoms with Crippen LogP contribution in [0.4, 0.5) is 5.82 Å². The molecule has 0 radical (unpaired) electrons. The fourth-order valence-electron chi connectivity index (χ4n) is 6.87. The van der Waals surface area contributed by atoms with E-state index in [0.29, 0.717) is 36.5 Å². The predicted octanol–water partition coefficient (Wildman–Crippen LogP) is 4.53. The van der Waals surface area contributed by atoms with E-state index in [1.54, 1.807) is 4.52 Å². The van der Waals surface area contributed by atoms with Gasteiger partial charge in [-0.05, 0) is 44.6 Å². The number of hydrogen-bond donors (Lipinski definition) is 2. The number of piperazine rings is 1. The zero-order valence-electron chi connectivity index (χ0n) is 26.9. The Bertz CT molecular complexity index is 1160. The number of amides is 2. The molecule has 5 aliphatic rings. The van der Waals surface area contributed by atoms with Gasteiger partial charge in [0.05, 0.1) is 17.9 Å². The molecule has 10 nitrogen and oxygen atoms in total. The molecule has 5 heterocycles. The Morgan fingerprint density at radius 2 is 1.69 bits per heavy atom. The highest BCUT2D eigenvalue weighted by Gasteiger charge is 2.45. The minimum absolute atomic E-state index is 0.0523. The molecule has 2 aliphatic carbocycles. The lowest BCUT2D eigenvalue weighted by Crippen LogP contribution is -2.57. The van der Waals surface area contributed by atoms with Crippen LogP contribution in [0.5, 0.6) is 0 Å². The van der Waals surface area contributed by atoms with E-state index in [1.807, 2.05) is 40.8 Å². The van der Waals surface area contributed by atoms with E-state index >= 15 is 0 Å². The van der Waals surface area contributed by atoms with Gasteiger partial charge in [-0.3, -0.25) is 9.59 Å². The summed E-state index contributed by atoms with van der Waals surface area (Å²) in [5.74, 6) is 2.40. The van der Waals surface area contributed by atoms with Crippen LogP contribution in [0.25, 0.3) is 5.78 Å². The van der Waals surface area contributed by atoms with Gasteiger partial charge in [0.15, 0.2) is 5.82 Å². The van der Waals surface area contributed by atoms with Crippen molar-refractivity contribution >= 4 is 23.4 Å². The van der Waals surface area contributed by atoms with E-state index in [2.05, 4.69) is 27.5 Å². The normalized spacial score (nSPS) is 25.1. The number of fused-ring (bicyclic) bond motifs is 3. The van der Waals surface area contributed by atoms with Crippen LogP contribution >= 0.6 is 0 Å². The van der Waals surface area contributed by atoms with Gasteiger partial charge in [0.25, 0.3) is 5.78 Å². The van der Waals surface area contributed by atoms with Gasteiger partial charge >= 0.3 is 0 Å². The molecule has 2 aromatic heterocycles. The van der Waals surface area contributed by atoms with Crippen molar-refractivity contribution in [2.75, 3.05) is 38.1 Å². The number of nitrogens with zero attached hydrogens (tertiary/aromatic N) is 6. The van der Waals surface area contributed by atoms with Gasteiger partial charge in [-0.2, -0.15) is 10.1 Å². The highest BCUT2D eigenvalue weighted by molar-refractivity contribution is 5.81. The summed E-state index contributed by atoms with van der Waals surface area (Å²) >= 11 is 0. The summed E-state index contributed by atoms with van der Waals surface area (Å²) in [5, 5.41) is 11.5. The lowest BCUT2D eigenvalue weighted by Gasteiger charge is -2.46. The molecule has 10 heteroatoms. The smallest absolute Gasteiger partial charge is 0.252 e. The summed E-state index contributed by atoms with van der Waals surface area (Å²) in [7, 11) is 2.14. The second-order valence-electron chi connectivity index (χ2n) is 12.0. The van der Waals surface area contributed by atoms with E-state index in [-0.39, 0.29) is 23.8 Å². The number of nitrogens with one attached hydrogen (secondary N) is 2. The fraction of sp³-hybridized carbons (Fsp3) is 0.781. The summed E-state index contributed by atoms with van der Waals surface area (Å²) in [4.78, 5) is 40.0. The fourth-order valence-corrected chi connectivity index (χ4v) is 6.87. The van der Waals surface area contributed by atoms with Gasteiger partial charge in [0.2, 0.25) is 11.8 Å². The van der Waals surface area contributed by atoms with E-state index in [9.17, 15) is 9.59 Å². The predicted molar refractivity (Wildman–Crippen MR) is 167 cm³/mol. The van der Waals surface area contributed by atoms with E-state index < -0.39 is 0 Å². The molecule has 2 amide bonds. The maximum absolute atomic E-state index is 12.8. The molecule has 2 bridgehead atoms. The number of hydrogen-bond acceptors (Lipinski definition) is 7. The van der Waals surface area contributed by atoms with Crippen LogP contribution in [0.1, 0.15) is 110 Å². The topological polar surface area (TPSA) is 108 Å². The molecule has 234 valence electrons. The van der Waals surface area contributed by atoms with Crippen molar-refractivity contribution in [2.24, 2.45) is 17.8 Å². The number of carbonyl (C=O) groups is 2. The Kier molecular flexibility index (Phi) is 11.6. The first-order valence-electron chi connectivity index (χ1n) is 16.8. The number of aromatic nitrogens is 4. The van der Waals surface area contributed by atoms with Crippen LogP contribution in [0.3, 0.4) is 0 Å². The Hall–Kier alpha value is -2.75. The minimum Gasteiger partial charge on any atom is -0.353 e. The second-order valence-corrected chi connectivity index (χ2v) is 12.0. The van der Waals surface area contributed by atoms with Crippen LogP contribution in [0.2, 0.25) is 0 Å². The van der Waals surface area contributed by atoms with Gasteiger partial charge in [-0.1, -0.05) is 60.3 Å².